The second kappa shape index (κ2) is 9.44. The molecule has 162 valence electrons. The lowest BCUT2D eigenvalue weighted by Gasteiger charge is -2.04. The molecule has 0 fully saturated rings. The Bertz CT molecular complexity index is 1230. The Kier molecular flexibility index (Phi) is 6.27. The van der Waals surface area contributed by atoms with Crippen molar-refractivity contribution >= 4 is 23.2 Å². The van der Waals surface area contributed by atoms with Crippen molar-refractivity contribution in [2.75, 3.05) is 7.11 Å². The molecule has 0 saturated carbocycles. The fourth-order valence-electron chi connectivity index (χ4n) is 3.09. The van der Waals surface area contributed by atoms with Gasteiger partial charge in [-0.2, -0.15) is 5.10 Å². The van der Waals surface area contributed by atoms with Gasteiger partial charge in [0, 0.05) is 12.0 Å². The third-order valence-electron chi connectivity index (χ3n) is 4.74. The molecule has 0 atom stereocenters. The van der Waals surface area contributed by atoms with Crippen molar-refractivity contribution in [2.45, 2.75) is 13.3 Å². The van der Waals surface area contributed by atoms with Crippen LogP contribution in [-0.2, 0) is 6.42 Å². The summed E-state index contributed by atoms with van der Waals surface area (Å²) >= 11 is 1.31. The van der Waals surface area contributed by atoms with Gasteiger partial charge in [0.05, 0.1) is 23.5 Å². The molecule has 2 amide bonds. The zero-order valence-electron chi connectivity index (χ0n) is 17.5. The van der Waals surface area contributed by atoms with Crippen molar-refractivity contribution < 1.29 is 14.3 Å². The molecule has 0 bridgehead atoms. The van der Waals surface area contributed by atoms with Crippen LogP contribution >= 0.6 is 11.3 Å². The summed E-state index contributed by atoms with van der Waals surface area (Å²) < 4.78 is 5.14. The molecule has 4 aromatic rings. The van der Waals surface area contributed by atoms with Crippen LogP contribution in [0.4, 0.5) is 0 Å². The number of hydrogen-bond donors (Lipinski definition) is 3. The second-order valence-electron chi connectivity index (χ2n) is 6.99. The van der Waals surface area contributed by atoms with E-state index in [9.17, 15) is 9.59 Å². The smallest absolute Gasteiger partial charge is 0.287 e. The van der Waals surface area contributed by atoms with Crippen LogP contribution in [0.15, 0.2) is 60.7 Å². The summed E-state index contributed by atoms with van der Waals surface area (Å²) in [4.78, 5) is 29.9. The summed E-state index contributed by atoms with van der Waals surface area (Å²) in [5.74, 6) is -0.185. The first-order valence-corrected chi connectivity index (χ1v) is 10.7. The van der Waals surface area contributed by atoms with E-state index in [1.807, 2.05) is 54.6 Å². The van der Waals surface area contributed by atoms with E-state index >= 15 is 0 Å². The Hall–Kier alpha value is -3.98. The molecule has 8 nitrogen and oxygen atoms in total. The highest BCUT2D eigenvalue weighted by atomic mass is 32.1. The number of aryl methyl sites for hydroxylation is 1. The molecule has 4 rings (SSSR count). The molecule has 0 spiro atoms. The Morgan fingerprint density at radius 3 is 2.47 bits per heavy atom. The molecule has 2 aromatic heterocycles. The number of hydrogen-bond acceptors (Lipinski definition) is 6. The second-order valence-corrected chi connectivity index (χ2v) is 8.07. The number of amides is 2. The molecule has 0 radical (unpaired) electrons. The van der Waals surface area contributed by atoms with E-state index in [4.69, 9.17) is 4.74 Å². The van der Waals surface area contributed by atoms with Crippen molar-refractivity contribution in [1.82, 2.24) is 26.0 Å². The Balaban J connectivity index is 1.37. The number of carbonyl (C=O) groups excluding carboxylic acids is 2. The van der Waals surface area contributed by atoms with E-state index in [-0.39, 0.29) is 5.69 Å². The molecule has 9 heteroatoms. The summed E-state index contributed by atoms with van der Waals surface area (Å²) in [6.45, 7) is 1.78. The zero-order chi connectivity index (χ0) is 22.5. The zero-order valence-corrected chi connectivity index (χ0v) is 18.3. The molecule has 2 aromatic carbocycles. The molecule has 0 aliphatic carbocycles. The number of ether oxygens (including phenoxy) is 1. The Labute approximate surface area is 188 Å². The summed E-state index contributed by atoms with van der Waals surface area (Å²) in [5, 5.41) is 7.68. The topological polar surface area (TPSA) is 109 Å². The summed E-state index contributed by atoms with van der Waals surface area (Å²) in [6, 6.07) is 18.8. The number of methoxy groups -OCH3 is 1. The number of aromatic nitrogens is 3. The monoisotopic (exact) mass is 447 g/mol. The first-order chi connectivity index (χ1) is 15.5. The highest BCUT2D eigenvalue weighted by molar-refractivity contribution is 7.13. The minimum atomic E-state index is -0.503. The van der Waals surface area contributed by atoms with Gasteiger partial charge in [-0.15, -0.1) is 11.3 Å². The third-order valence-corrected chi connectivity index (χ3v) is 5.90. The van der Waals surface area contributed by atoms with E-state index < -0.39 is 11.8 Å². The molecule has 0 aliphatic rings. The lowest BCUT2D eigenvalue weighted by atomic mass is 10.1. The molecule has 0 saturated heterocycles. The standard InChI is InChI=1S/C23H21N5O3S/c1-14-21(32-20(24-14)12-15-6-4-3-5-7-15)23(30)28-27-22(29)19-13-18(25-26-19)16-8-10-17(31-2)11-9-16/h3-11,13H,12H2,1-2H3,(H,25,26)(H,27,29)(H,28,30). The fraction of sp³-hybridized carbons (Fsp3) is 0.130. The highest BCUT2D eigenvalue weighted by Gasteiger charge is 2.17. The number of hydrazine groups is 1. The predicted molar refractivity (Wildman–Crippen MR) is 122 cm³/mol. The third kappa shape index (κ3) is 4.84. The normalized spacial score (nSPS) is 10.6. The summed E-state index contributed by atoms with van der Waals surface area (Å²) in [6.07, 6.45) is 0.647. The van der Waals surface area contributed by atoms with Crippen LogP contribution in [-0.4, -0.2) is 34.1 Å². The minimum Gasteiger partial charge on any atom is -0.497 e. The average Bonchev–Trinajstić information content (AvgIpc) is 3.45. The van der Waals surface area contributed by atoms with Crippen molar-refractivity contribution in [2.24, 2.45) is 0 Å². The molecule has 2 heterocycles. The Morgan fingerprint density at radius 2 is 1.75 bits per heavy atom. The van der Waals surface area contributed by atoms with Crippen molar-refractivity contribution in [3.63, 3.8) is 0 Å². The summed E-state index contributed by atoms with van der Waals surface area (Å²) in [5.41, 5.74) is 8.26. The fourth-order valence-corrected chi connectivity index (χ4v) is 4.09. The van der Waals surface area contributed by atoms with Gasteiger partial charge < -0.3 is 4.74 Å². The lowest BCUT2D eigenvalue weighted by Crippen LogP contribution is -2.41. The number of aromatic amines is 1. The molecule has 0 unspecified atom stereocenters. The van der Waals surface area contributed by atoms with E-state index in [1.165, 1.54) is 11.3 Å². The van der Waals surface area contributed by atoms with Gasteiger partial charge in [0.15, 0.2) is 0 Å². The highest BCUT2D eigenvalue weighted by Crippen LogP contribution is 2.22. The number of rotatable bonds is 6. The molecule has 32 heavy (non-hydrogen) atoms. The van der Waals surface area contributed by atoms with E-state index in [0.29, 0.717) is 22.7 Å². The quantitative estimate of drug-likeness (QED) is 0.392. The van der Waals surface area contributed by atoms with Crippen LogP contribution in [0, 0.1) is 6.92 Å². The first kappa shape index (κ1) is 21.3. The van der Waals surface area contributed by atoms with Crippen molar-refractivity contribution in [3.8, 4) is 17.0 Å². The summed E-state index contributed by atoms with van der Waals surface area (Å²) in [7, 11) is 1.60. The van der Waals surface area contributed by atoms with E-state index in [0.717, 1.165) is 21.9 Å². The van der Waals surface area contributed by atoms with Crippen LogP contribution < -0.4 is 15.6 Å². The van der Waals surface area contributed by atoms with Crippen LogP contribution in [0.5, 0.6) is 5.75 Å². The van der Waals surface area contributed by atoms with Gasteiger partial charge >= 0.3 is 0 Å². The number of H-pyrrole nitrogens is 1. The average molecular weight is 448 g/mol. The molecule has 0 aliphatic heterocycles. The van der Waals surface area contributed by atoms with Crippen LogP contribution in [0.25, 0.3) is 11.3 Å². The van der Waals surface area contributed by atoms with Gasteiger partial charge in [0.25, 0.3) is 11.8 Å². The van der Waals surface area contributed by atoms with Gasteiger partial charge in [-0.1, -0.05) is 30.3 Å². The van der Waals surface area contributed by atoms with Crippen LogP contribution in [0.2, 0.25) is 0 Å². The van der Waals surface area contributed by atoms with Gasteiger partial charge in [-0.3, -0.25) is 25.5 Å². The number of nitrogens with one attached hydrogen (secondary N) is 3. The first-order valence-electron chi connectivity index (χ1n) is 9.84. The van der Waals surface area contributed by atoms with Crippen LogP contribution in [0.1, 0.15) is 36.4 Å². The number of benzene rings is 2. The van der Waals surface area contributed by atoms with Crippen molar-refractivity contribution in [1.29, 1.82) is 0 Å². The predicted octanol–water partition coefficient (Wildman–Crippen LogP) is 3.52. The van der Waals surface area contributed by atoms with Gasteiger partial charge in [0.1, 0.15) is 16.3 Å². The largest absolute Gasteiger partial charge is 0.497 e. The van der Waals surface area contributed by atoms with Crippen LogP contribution in [0.3, 0.4) is 0 Å². The van der Waals surface area contributed by atoms with Gasteiger partial charge in [-0.25, -0.2) is 4.98 Å². The number of carbonyl (C=O) groups is 2. The van der Waals surface area contributed by atoms with E-state index in [1.54, 1.807) is 20.1 Å². The Morgan fingerprint density at radius 1 is 1.03 bits per heavy atom. The molecule has 3 N–H and O–H groups in total. The maximum Gasteiger partial charge on any atom is 0.287 e. The SMILES string of the molecule is COc1ccc(-c2cc(C(=O)NNC(=O)c3sc(Cc4ccccc4)nc3C)[nH]n2)cc1. The molecular weight excluding hydrogens is 426 g/mol. The van der Waals surface area contributed by atoms with Crippen molar-refractivity contribution in [3.05, 3.63) is 87.5 Å². The lowest BCUT2D eigenvalue weighted by molar-refractivity contribution is 0.0845. The molecular formula is C23H21N5O3S. The minimum absolute atomic E-state index is 0.224. The number of thiazole rings is 1. The maximum atomic E-state index is 12.6. The van der Waals surface area contributed by atoms with E-state index in [2.05, 4.69) is 26.0 Å². The van der Waals surface area contributed by atoms with Gasteiger partial charge in [-0.05, 0) is 42.8 Å². The number of nitrogens with zero attached hydrogens (tertiary/aromatic N) is 2. The van der Waals surface area contributed by atoms with Gasteiger partial charge in [0.2, 0.25) is 0 Å². The maximum absolute atomic E-state index is 12.6.